The number of ether oxygens (including phenoxy) is 1. The number of hydrogen-bond acceptors (Lipinski definition) is 5. The Kier molecular flexibility index (Phi) is 8.64. The average Bonchev–Trinajstić information content (AvgIpc) is 2.71. The molecule has 8 heteroatoms. The number of rotatable bonds is 8. The van der Waals surface area contributed by atoms with Gasteiger partial charge < -0.3 is 9.64 Å². The van der Waals surface area contributed by atoms with E-state index in [-0.39, 0.29) is 22.8 Å². The molecular formula is C24H34ClN3O3S. The monoisotopic (exact) mass is 479 g/mol. The number of halogens is 1. The molecule has 3 atom stereocenters. The van der Waals surface area contributed by atoms with Gasteiger partial charge >= 0.3 is 0 Å². The van der Waals surface area contributed by atoms with Crippen LogP contribution in [0.5, 0.6) is 0 Å². The number of thioether (sulfide) groups is 1. The molecule has 3 rings (SSSR count). The Labute approximate surface area is 199 Å². The van der Waals surface area contributed by atoms with Crippen LogP contribution in [-0.4, -0.2) is 51.4 Å². The molecule has 32 heavy (non-hydrogen) atoms. The molecule has 0 aliphatic carbocycles. The molecule has 1 saturated heterocycles. The van der Waals surface area contributed by atoms with E-state index in [4.69, 9.17) is 21.3 Å². The molecule has 1 aliphatic heterocycles. The summed E-state index contributed by atoms with van der Waals surface area (Å²) >= 11 is 7.50. The minimum atomic E-state index is -0.339. The van der Waals surface area contributed by atoms with Crippen molar-refractivity contribution in [1.82, 2.24) is 14.5 Å². The van der Waals surface area contributed by atoms with Gasteiger partial charge in [-0.2, -0.15) is 0 Å². The van der Waals surface area contributed by atoms with Crippen LogP contribution in [0.2, 0.25) is 5.02 Å². The second-order valence-electron chi connectivity index (χ2n) is 9.24. The van der Waals surface area contributed by atoms with Gasteiger partial charge in [0.15, 0.2) is 5.16 Å². The summed E-state index contributed by atoms with van der Waals surface area (Å²) in [7, 11) is 0. The second kappa shape index (κ2) is 11.0. The van der Waals surface area contributed by atoms with Crippen molar-refractivity contribution in [3.8, 4) is 0 Å². The number of piperidine rings is 1. The van der Waals surface area contributed by atoms with Gasteiger partial charge in [0.25, 0.3) is 5.56 Å². The molecule has 0 unspecified atom stereocenters. The van der Waals surface area contributed by atoms with Gasteiger partial charge in [0.1, 0.15) is 0 Å². The van der Waals surface area contributed by atoms with Crippen molar-refractivity contribution < 1.29 is 9.53 Å². The molecule has 0 saturated carbocycles. The SMILES string of the molecule is CC(C)OCCCn1c(S[C@H](C)C(=O)N2C[C@H](C)C[C@H](C)C2)nc2cc(Cl)ccc2c1=O. The highest BCUT2D eigenvalue weighted by Gasteiger charge is 2.29. The lowest BCUT2D eigenvalue weighted by Crippen LogP contribution is -2.45. The zero-order valence-electron chi connectivity index (χ0n) is 19.6. The first-order valence-corrected chi connectivity index (χ1v) is 12.7. The summed E-state index contributed by atoms with van der Waals surface area (Å²) in [6, 6.07) is 5.12. The van der Waals surface area contributed by atoms with Crippen LogP contribution >= 0.6 is 23.4 Å². The van der Waals surface area contributed by atoms with E-state index < -0.39 is 0 Å². The van der Waals surface area contributed by atoms with E-state index in [1.54, 1.807) is 22.8 Å². The van der Waals surface area contributed by atoms with Crippen LogP contribution in [0.1, 0.15) is 47.5 Å². The van der Waals surface area contributed by atoms with Crippen LogP contribution in [0, 0.1) is 11.8 Å². The Morgan fingerprint density at radius 1 is 1.25 bits per heavy atom. The van der Waals surface area contributed by atoms with Crippen molar-refractivity contribution in [2.45, 2.75) is 70.5 Å². The zero-order chi connectivity index (χ0) is 23.4. The van der Waals surface area contributed by atoms with Crippen LogP contribution in [0.4, 0.5) is 0 Å². The minimum Gasteiger partial charge on any atom is -0.379 e. The number of fused-ring (bicyclic) bond motifs is 1. The predicted molar refractivity (Wildman–Crippen MR) is 132 cm³/mol. The number of carbonyl (C=O) groups excluding carboxylic acids is 1. The highest BCUT2D eigenvalue weighted by Crippen LogP contribution is 2.28. The molecule has 1 aliphatic rings. The van der Waals surface area contributed by atoms with E-state index in [1.165, 1.54) is 11.8 Å². The first kappa shape index (κ1) is 25.1. The molecular weight excluding hydrogens is 446 g/mol. The topological polar surface area (TPSA) is 64.4 Å². The van der Waals surface area contributed by atoms with Crippen LogP contribution < -0.4 is 5.56 Å². The Hall–Kier alpha value is -1.57. The fraction of sp³-hybridized carbons (Fsp3) is 0.625. The summed E-state index contributed by atoms with van der Waals surface area (Å²) in [4.78, 5) is 33.2. The van der Waals surface area contributed by atoms with Crippen molar-refractivity contribution in [3.63, 3.8) is 0 Å². The van der Waals surface area contributed by atoms with E-state index in [9.17, 15) is 9.59 Å². The largest absolute Gasteiger partial charge is 0.379 e. The first-order valence-electron chi connectivity index (χ1n) is 11.4. The normalized spacial score (nSPS) is 20.2. The molecule has 6 nitrogen and oxygen atoms in total. The molecule has 0 N–H and O–H groups in total. The van der Waals surface area contributed by atoms with Crippen LogP contribution in [0.25, 0.3) is 10.9 Å². The smallest absolute Gasteiger partial charge is 0.262 e. The van der Waals surface area contributed by atoms with Crippen LogP contribution in [0.3, 0.4) is 0 Å². The maximum absolute atomic E-state index is 13.3. The van der Waals surface area contributed by atoms with E-state index in [1.807, 2.05) is 25.7 Å². The number of aromatic nitrogens is 2. The summed E-state index contributed by atoms with van der Waals surface area (Å²) in [5, 5.41) is 1.27. The minimum absolute atomic E-state index is 0.100. The van der Waals surface area contributed by atoms with E-state index in [0.717, 1.165) is 19.5 Å². The van der Waals surface area contributed by atoms with Gasteiger partial charge in [-0.25, -0.2) is 4.98 Å². The van der Waals surface area contributed by atoms with Gasteiger partial charge in [0.05, 0.1) is 22.3 Å². The first-order chi connectivity index (χ1) is 15.2. The molecule has 1 aromatic heterocycles. The Balaban J connectivity index is 1.86. The lowest BCUT2D eigenvalue weighted by atomic mass is 9.92. The molecule has 2 aromatic rings. The number of carbonyl (C=O) groups is 1. The van der Waals surface area contributed by atoms with E-state index in [2.05, 4.69) is 13.8 Å². The van der Waals surface area contributed by atoms with E-state index >= 15 is 0 Å². The molecule has 1 amide bonds. The number of likely N-dealkylation sites (tertiary alicyclic amines) is 1. The Bertz CT molecular complexity index is 1000. The predicted octanol–water partition coefficient (Wildman–Crippen LogP) is 4.85. The Morgan fingerprint density at radius 2 is 1.94 bits per heavy atom. The highest BCUT2D eigenvalue weighted by molar-refractivity contribution is 8.00. The fourth-order valence-corrected chi connectivity index (χ4v) is 5.50. The number of benzene rings is 1. The van der Waals surface area contributed by atoms with Gasteiger partial charge in [-0.1, -0.05) is 37.2 Å². The second-order valence-corrected chi connectivity index (χ2v) is 11.0. The van der Waals surface area contributed by atoms with Crippen molar-refractivity contribution in [2.24, 2.45) is 11.8 Å². The number of nitrogens with zero attached hydrogens (tertiary/aromatic N) is 3. The zero-order valence-corrected chi connectivity index (χ0v) is 21.2. The fourth-order valence-electron chi connectivity index (χ4n) is 4.31. The summed E-state index contributed by atoms with van der Waals surface area (Å²) in [6.07, 6.45) is 1.98. The lowest BCUT2D eigenvalue weighted by Gasteiger charge is -2.36. The highest BCUT2D eigenvalue weighted by atomic mass is 35.5. The maximum Gasteiger partial charge on any atom is 0.262 e. The molecule has 0 spiro atoms. The van der Waals surface area contributed by atoms with Crippen molar-refractivity contribution in [2.75, 3.05) is 19.7 Å². The molecule has 2 heterocycles. The number of amides is 1. The molecule has 0 radical (unpaired) electrons. The maximum atomic E-state index is 13.3. The third kappa shape index (κ3) is 6.27. The van der Waals surface area contributed by atoms with Gasteiger partial charge in [0.2, 0.25) is 5.91 Å². The molecule has 1 fully saturated rings. The molecule has 176 valence electrons. The Morgan fingerprint density at radius 3 is 2.59 bits per heavy atom. The van der Waals surface area contributed by atoms with Gasteiger partial charge in [-0.15, -0.1) is 0 Å². The quantitative estimate of drug-likeness (QED) is 0.307. The lowest BCUT2D eigenvalue weighted by molar-refractivity contribution is -0.132. The van der Waals surface area contributed by atoms with Crippen molar-refractivity contribution in [1.29, 1.82) is 0 Å². The summed E-state index contributed by atoms with van der Waals surface area (Å²) in [5.41, 5.74) is 0.443. The van der Waals surface area contributed by atoms with Crippen LogP contribution in [-0.2, 0) is 16.1 Å². The van der Waals surface area contributed by atoms with Crippen LogP contribution in [0.15, 0.2) is 28.2 Å². The molecule has 0 bridgehead atoms. The summed E-state index contributed by atoms with van der Waals surface area (Å²) in [5.74, 6) is 1.10. The average molecular weight is 480 g/mol. The molecule has 1 aromatic carbocycles. The van der Waals surface area contributed by atoms with E-state index in [0.29, 0.717) is 52.5 Å². The van der Waals surface area contributed by atoms with Gasteiger partial charge in [-0.05, 0) is 63.6 Å². The number of hydrogen-bond donors (Lipinski definition) is 0. The standard InChI is InChI=1S/C24H34ClN3O3S/c1-15(2)31-10-6-9-28-23(30)20-8-7-19(25)12-21(20)26-24(28)32-18(5)22(29)27-13-16(3)11-17(4)14-27/h7-8,12,15-18H,6,9-11,13-14H2,1-5H3/t16-,17+,18-/m1/s1. The summed E-state index contributed by atoms with van der Waals surface area (Å²) in [6.45, 7) is 12.9. The summed E-state index contributed by atoms with van der Waals surface area (Å²) < 4.78 is 7.32. The van der Waals surface area contributed by atoms with Crippen molar-refractivity contribution in [3.05, 3.63) is 33.6 Å². The van der Waals surface area contributed by atoms with Crippen molar-refractivity contribution >= 4 is 40.2 Å². The van der Waals surface area contributed by atoms with Gasteiger partial charge in [-0.3, -0.25) is 14.2 Å². The third-order valence-electron chi connectivity index (χ3n) is 5.67. The van der Waals surface area contributed by atoms with Gasteiger partial charge in [0, 0.05) is 31.3 Å². The third-order valence-corrected chi connectivity index (χ3v) is 6.98.